The number of hydrogen-bond donors (Lipinski definition) is 1. The van der Waals surface area contributed by atoms with Crippen molar-refractivity contribution in [1.29, 1.82) is 0 Å². The molecule has 0 atom stereocenters. The summed E-state index contributed by atoms with van der Waals surface area (Å²) in [6.07, 6.45) is -4.67. The van der Waals surface area contributed by atoms with E-state index in [4.69, 9.17) is 4.43 Å². The topological polar surface area (TPSA) is 46.5 Å². The minimum absolute atomic E-state index is 0.0491. The highest BCUT2D eigenvalue weighted by molar-refractivity contribution is 6.99. The minimum Gasteiger partial charge on any atom is -0.478 e. The van der Waals surface area contributed by atoms with Gasteiger partial charge in [-0.2, -0.15) is 13.2 Å². The molecular formula is C27H27F3O3Si. The number of halogens is 3. The summed E-state index contributed by atoms with van der Waals surface area (Å²) in [6.45, 7) is 9.34. The van der Waals surface area contributed by atoms with E-state index in [9.17, 15) is 23.1 Å². The van der Waals surface area contributed by atoms with Gasteiger partial charge in [-0.05, 0) is 44.7 Å². The Hall–Kier alpha value is -3.16. The van der Waals surface area contributed by atoms with Gasteiger partial charge < -0.3 is 9.53 Å². The van der Waals surface area contributed by atoms with E-state index in [0.717, 1.165) is 16.4 Å². The molecule has 0 aliphatic carbocycles. The molecule has 0 unspecified atom stereocenters. The first-order valence-corrected chi connectivity index (χ1v) is 12.7. The first-order valence-electron chi connectivity index (χ1n) is 10.7. The third-order valence-electron chi connectivity index (χ3n) is 5.80. The molecular weight excluding hydrogens is 457 g/mol. The van der Waals surface area contributed by atoms with Crippen molar-refractivity contribution in [3.05, 3.63) is 102 Å². The van der Waals surface area contributed by atoms with E-state index in [-0.39, 0.29) is 22.8 Å². The van der Waals surface area contributed by atoms with Crippen LogP contribution in [0.1, 0.15) is 42.3 Å². The van der Waals surface area contributed by atoms with E-state index in [0.29, 0.717) is 5.56 Å². The average molecular weight is 485 g/mol. The van der Waals surface area contributed by atoms with Gasteiger partial charge in [0.1, 0.15) is 0 Å². The number of rotatable bonds is 7. The average Bonchev–Trinajstić information content (AvgIpc) is 2.78. The third-order valence-corrected chi connectivity index (χ3v) is 10.8. The monoisotopic (exact) mass is 484 g/mol. The number of carbonyl (C=O) groups is 1. The second-order valence-electron chi connectivity index (χ2n) is 9.15. The van der Waals surface area contributed by atoms with Gasteiger partial charge in [-0.25, -0.2) is 4.79 Å². The van der Waals surface area contributed by atoms with E-state index in [1.165, 1.54) is 12.1 Å². The number of benzene rings is 3. The maximum absolute atomic E-state index is 13.3. The molecule has 0 radical (unpaired) electrons. The van der Waals surface area contributed by atoms with Gasteiger partial charge in [-0.15, -0.1) is 0 Å². The SMILES string of the molecule is C=C(c1cc(CO[Si](c2ccccc2)(c2ccccc2)C(C)(C)C)cc(C(=O)O)c1)C(F)(F)F. The molecule has 7 heteroatoms. The summed E-state index contributed by atoms with van der Waals surface area (Å²) in [4.78, 5) is 11.6. The van der Waals surface area contributed by atoms with Crippen LogP contribution in [0.4, 0.5) is 13.2 Å². The Balaban J connectivity index is 2.13. The number of allylic oxidation sites excluding steroid dienone is 1. The van der Waals surface area contributed by atoms with Gasteiger partial charge in [-0.1, -0.05) is 88.0 Å². The van der Waals surface area contributed by atoms with Gasteiger partial charge in [0.2, 0.25) is 0 Å². The molecule has 0 aromatic heterocycles. The fraction of sp³-hybridized carbons (Fsp3) is 0.222. The Kier molecular flexibility index (Phi) is 7.19. The predicted octanol–water partition coefficient (Wildman–Crippen LogP) is 6.04. The summed E-state index contributed by atoms with van der Waals surface area (Å²) in [5, 5.41) is 11.2. The van der Waals surface area contributed by atoms with Crippen LogP contribution >= 0.6 is 0 Å². The number of hydrogen-bond acceptors (Lipinski definition) is 2. The maximum atomic E-state index is 13.3. The molecule has 3 aromatic rings. The van der Waals surface area contributed by atoms with Crippen LogP contribution in [0.5, 0.6) is 0 Å². The van der Waals surface area contributed by atoms with Crippen molar-refractivity contribution in [1.82, 2.24) is 0 Å². The van der Waals surface area contributed by atoms with Crippen molar-refractivity contribution < 1.29 is 27.5 Å². The molecule has 0 aliphatic rings. The van der Waals surface area contributed by atoms with Gasteiger partial charge in [0.25, 0.3) is 8.32 Å². The molecule has 178 valence electrons. The van der Waals surface area contributed by atoms with E-state index in [2.05, 4.69) is 27.4 Å². The first kappa shape index (κ1) is 25.5. The summed E-state index contributed by atoms with van der Waals surface area (Å²) in [5.74, 6) is -1.32. The summed E-state index contributed by atoms with van der Waals surface area (Å²) in [5.41, 5.74) is -1.28. The molecule has 0 aliphatic heterocycles. The lowest BCUT2D eigenvalue weighted by molar-refractivity contribution is -0.0686. The number of carboxylic acids is 1. The second-order valence-corrected chi connectivity index (χ2v) is 13.5. The molecule has 34 heavy (non-hydrogen) atoms. The highest BCUT2D eigenvalue weighted by Gasteiger charge is 2.50. The van der Waals surface area contributed by atoms with Gasteiger partial charge in [-0.3, -0.25) is 0 Å². The molecule has 3 nitrogen and oxygen atoms in total. The lowest BCUT2D eigenvalue weighted by Crippen LogP contribution is -2.66. The minimum atomic E-state index is -4.67. The van der Waals surface area contributed by atoms with Crippen LogP contribution in [0, 0.1) is 0 Å². The normalized spacial score (nSPS) is 12.4. The van der Waals surface area contributed by atoms with Crippen molar-refractivity contribution in [2.45, 2.75) is 38.6 Å². The van der Waals surface area contributed by atoms with Gasteiger partial charge in [0, 0.05) is 0 Å². The summed E-state index contributed by atoms with van der Waals surface area (Å²) in [7, 11) is -2.95. The highest BCUT2D eigenvalue weighted by atomic mass is 28.4. The van der Waals surface area contributed by atoms with Crippen LogP contribution in [-0.2, 0) is 11.0 Å². The third kappa shape index (κ3) is 5.16. The summed E-state index contributed by atoms with van der Waals surface area (Å²) >= 11 is 0. The van der Waals surface area contributed by atoms with Gasteiger partial charge in [0.05, 0.1) is 17.7 Å². The smallest absolute Gasteiger partial charge is 0.416 e. The van der Waals surface area contributed by atoms with Crippen molar-refractivity contribution >= 4 is 30.2 Å². The largest absolute Gasteiger partial charge is 0.478 e. The summed E-state index contributed by atoms with van der Waals surface area (Å²) < 4.78 is 46.6. The van der Waals surface area contributed by atoms with Crippen LogP contribution in [0.3, 0.4) is 0 Å². The number of aromatic carboxylic acids is 1. The molecule has 0 saturated carbocycles. The van der Waals surface area contributed by atoms with Crippen molar-refractivity contribution in [2.75, 3.05) is 0 Å². The standard InChI is InChI=1S/C27H27F3O3Si/c1-19(27(28,29)30)21-15-20(16-22(17-21)25(31)32)18-33-34(26(2,3)4,23-11-7-5-8-12-23)24-13-9-6-10-14-24/h5-17H,1,18H2,2-4H3,(H,31,32). The first-order chi connectivity index (χ1) is 15.9. The van der Waals surface area contributed by atoms with E-state index < -0.39 is 26.0 Å². The van der Waals surface area contributed by atoms with Crippen LogP contribution in [0.25, 0.3) is 5.57 Å². The Morgan fingerprint density at radius 1 is 0.882 bits per heavy atom. The molecule has 0 amide bonds. The fourth-order valence-electron chi connectivity index (χ4n) is 4.19. The van der Waals surface area contributed by atoms with E-state index >= 15 is 0 Å². The fourth-order valence-corrected chi connectivity index (χ4v) is 8.73. The molecule has 3 rings (SSSR count). The molecule has 1 N–H and O–H groups in total. The van der Waals surface area contributed by atoms with Crippen LogP contribution in [-0.4, -0.2) is 25.6 Å². The lowest BCUT2D eigenvalue weighted by atomic mass is 10.0. The van der Waals surface area contributed by atoms with Gasteiger partial charge in [0.15, 0.2) is 0 Å². The van der Waals surface area contributed by atoms with Gasteiger partial charge >= 0.3 is 12.1 Å². The lowest BCUT2D eigenvalue weighted by Gasteiger charge is -2.43. The summed E-state index contributed by atoms with van der Waals surface area (Å²) in [6, 6.07) is 23.3. The van der Waals surface area contributed by atoms with Crippen LogP contribution in [0.2, 0.25) is 5.04 Å². The molecule has 3 aromatic carbocycles. The zero-order valence-electron chi connectivity index (χ0n) is 19.3. The second kappa shape index (κ2) is 9.60. The van der Waals surface area contributed by atoms with E-state index in [1.54, 1.807) is 0 Å². The molecule has 0 spiro atoms. The molecule has 0 bridgehead atoms. The zero-order valence-corrected chi connectivity index (χ0v) is 20.3. The van der Waals surface area contributed by atoms with Crippen LogP contribution < -0.4 is 10.4 Å². The van der Waals surface area contributed by atoms with Crippen molar-refractivity contribution in [3.63, 3.8) is 0 Å². The maximum Gasteiger partial charge on any atom is 0.416 e. The van der Waals surface area contributed by atoms with Crippen molar-refractivity contribution in [3.8, 4) is 0 Å². The number of alkyl halides is 3. The quantitative estimate of drug-likeness (QED) is 0.416. The van der Waals surface area contributed by atoms with Crippen molar-refractivity contribution in [2.24, 2.45) is 0 Å². The number of carboxylic acid groups (broad SMARTS) is 1. The molecule has 0 saturated heterocycles. The van der Waals surface area contributed by atoms with Crippen LogP contribution in [0.15, 0.2) is 85.4 Å². The Labute approximate surface area is 198 Å². The Bertz CT molecular complexity index is 1130. The van der Waals surface area contributed by atoms with E-state index in [1.807, 2.05) is 60.7 Å². The highest BCUT2D eigenvalue weighted by Crippen LogP contribution is 2.38. The predicted molar refractivity (Wildman–Crippen MR) is 131 cm³/mol. The molecule has 0 fully saturated rings. The Morgan fingerprint density at radius 2 is 1.35 bits per heavy atom. The molecule has 0 heterocycles. The Morgan fingerprint density at radius 3 is 1.76 bits per heavy atom. The zero-order chi connectivity index (χ0) is 25.1.